The molecule has 5 nitrogen and oxygen atoms in total. The van der Waals surface area contributed by atoms with Crippen LogP contribution in [0.5, 0.6) is 0 Å². The van der Waals surface area contributed by atoms with Crippen LogP contribution in [-0.2, 0) is 4.79 Å². The van der Waals surface area contributed by atoms with E-state index in [0.29, 0.717) is 13.1 Å². The van der Waals surface area contributed by atoms with Crippen molar-refractivity contribution in [2.24, 2.45) is 11.7 Å². The van der Waals surface area contributed by atoms with Crippen LogP contribution in [-0.4, -0.2) is 53.7 Å². The fourth-order valence-electron chi connectivity index (χ4n) is 1.75. The lowest BCUT2D eigenvalue weighted by Gasteiger charge is -2.33. The van der Waals surface area contributed by atoms with Gasteiger partial charge in [0.25, 0.3) is 0 Å². The highest BCUT2D eigenvalue weighted by molar-refractivity contribution is 5.84. The SMILES string of the molecule is CCN(CC)CC(O)CNC(C)(C(N)=O)C(C)C. The van der Waals surface area contributed by atoms with Gasteiger partial charge >= 0.3 is 0 Å². The second-order valence-corrected chi connectivity index (χ2v) is 5.24. The molecule has 0 fully saturated rings. The molecule has 0 radical (unpaired) electrons. The van der Waals surface area contributed by atoms with E-state index in [1.807, 2.05) is 13.8 Å². The molecule has 108 valence electrons. The van der Waals surface area contributed by atoms with Gasteiger partial charge in [0.1, 0.15) is 0 Å². The van der Waals surface area contributed by atoms with Crippen LogP contribution in [0.1, 0.15) is 34.6 Å². The molecule has 1 amide bonds. The monoisotopic (exact) mass is 259 g/mol. The van der Waals surface area contributed by atoms with Crippen molar-refractivity contribution in [3.63, 3.8) is 0 Å². The highest BCUT2D eigenvalue weighted by atomic mass is 16.3. The molecule has 0 saturated heterocycles. The van der Waals surface area contributed by atoms with Crippen molar-refractivity contribution >= 4 is 5.91 Å². The van der Waals surface area contributed by atoms with Crippen LogP contribution in [0.15, 0.2) is 0 Å². The van der Waals surface area contributed by atoms with Gasteiger partial charge in [-0.1, -0.05) is 27.7 Å². The van der Waals surface area contributed by atoms with Crippen LogP contribution in [0.3, 0.4) is 0 Å². The van der Waals surface area contributed by atoms with Gasteiger partial charge in [0.05, 0.1) is 11.6 Å². The topological polar surface area (TPSA) is 78.6 Å². The third-order valence-corrected chi connectivity index (χ3v) is 3.73. The first-order chi connectivity index (χ1) is 8.27. The van der Waals surface area contributed by atoms with Crippen molar-refractivity contribution < 1.29 is 9.90 Å². The number of hydrogen-bond donors (Lipinski definition) is 3. The molecular weight excluding hydrogens is 230 g/mol. The van der Waals surface area contributed by atoms with E-state index < -0.39 is 11.6 Å². The molecule has 4 N–H and O–H groups in total. The van der Waals surface area contributed by atoms with E-state index in [1.165, 1.54) is 0 Å². The molecule has 0 aliphatic carbocycles. The lowest BCUT2D eigenvalue weighted by Crippen LogP contribution is -2.59. The van der Waals surface area contributed by atoms with Crippen molar-refractivity contribution in [1.29, 1.82) is 0 Å². The Morgan fingerprint density at radius 1 is 1.39 bits per heavy atom. The first-order valence-electron chi connectivity index (χ1n) is 6.73. The lowest BCUT2D eigenvalue weighted by molar-refractivity contribution is -0.125. The third-order valence-electron chi connectivity index (χ3n) is 3.73. The minimum Gasteiger partial charge on any atom is -0.390 e. The summed E-state index contributed by atoms with van der Waals surface area (Å²) in [4.78, 5) is 13.6. The number of likely N-dealkylation sites (N-methyl/N-ethyl adjacent to an activating group) is 1. The van der Waals surface area contributed by atoms with E-state index in [1.54, 1.807) is 6.92 Å². The predicted molar refractivity (Wildman–Crippen MR) is 74.2 cm³/mol. The minimum atomic E-state index is -0.774. The third kappa shape index (κ3) is 4.92. The van der Waals surface area contributed by atoms with Crippen LogP contribution < -0.4 is 11.1 Å². The van der Waals surface area contributed by atoms with Gasteiger partial charge in [-0.25, -0.2) is 0 Å². The number of hydrogen-bond acceptors (Lipinski definition) is 4. The Morgan fingerprint density at radius 3 is 2.22 bits per heavy atom. The number of primary amides is 1. The summed E-state index contributed by atoms with van der Waals surface area (Å²) in [5.41, 5.74) is 4.64. The normalized spacial score (nSPS) is 16.9. The van der Waals surface area contributed by atoms with Gasteiger partial charge in [-0.2, -0.15) is 0 Å². The van der Waals surface area contributed by atoms with E-state index in [-0.39, 0.29) is 11.8 Å². The molecule has 0 aliphatic rings. The molecule has 2 unspecified atom stereocenters. The van der Waals surface area contributed by atoms with Crippen molar-refractivity contribution in [3.05, 3.63) is 0 Å². The first kappa shape index (κ1) is 17.4. The second-order valence-electron chi connectivity index (χ2n) is 5.24. The summed E-state index contributed by atoms with van der Waals surface area (Å²) in [7, 11) is 0. The average molecular weight is 259 g/mol. The summed E-state index contributed by atoms with van der Waals surface area (Å²) < 4.78 is 0. The van der Waals surface area contributed by atoms with Gasteiger partial charge in [0.2, 0.25) is 5.91 Å². The van der Waals surface area contributed by atoms with Gasteiger partial charge in [0, 0.05) is 13.1 Å². The summed E-state index contributed by atoms with van der Waals surface area (Å²) in [5.74, 6) is -0.303. The molecule has 0 aromatic heterocycles. The molecule has 2 atom stereocenters. The zero-order valence-corrected chi connectivity index (χ0v) is 12.4. The largest absolute Gasteiger partial charge is 0.390 e. The number of rotatable bonds is 9. The maximum atomic E-state index is 11.5. The standard InChI is InChI=1S/C13H29N3O2/c1-6-16(7-2)9-11(17)8-15-13(5,10(3)4)12(14)18/h10-11,15,17H,6-9H2,1-5H3,(H2,14,18). The zero-order chi connectivity index (χ0) is 14.3. The quantitative estimate of drug-likeness (QED) is 0.552. The molecule has 0 aromatic rings. The minimum absolute atomic E-state index is 0.0793. The van der Waals surface area contributed by atoms with E-state index in [9.17, 15) is 9.90 Å². The van der Waals surface area contributed by atoms with Gasteiger partial charge in [-0.15, -0.1) is 0 Å². The van der Waals surface area contributed by atoms with Gasteiger partial charge < -0.3 is 21.1 Å². The van der Waals surface area contributed by atoms with Crippen molar-refractivity contribution in [2.75, 3.05) is 26.2 Å². The van der Waals surface area contributed by atoms with Crippen LogP contribution in [0.4, 0.5) is 0 Å². The Hall–Kier alpha value is -0.650. The zero-order valence-electron chi connectivity index (χ0n) is 12.4. The maximum Gasteiger partial charge on any atom is 0.237 e. The molecule has 0 rings (SSSR count). The van der Waals surface area contributed by atoms with Crippen LogP contribution in [0, 0.1) is 5.92 Å². The maximum absolute atomic E-state index is 11.5. The smallest absolute Gasteiger partial charge is 0.237 e. The first-order valence-corrected chi connectivity index (χ1v) is 6.73. The molecule has 0 bridgehead atoms. The number of nitrogens with one attached hydrogen (secondary N) is 1. The van der Waals surface area contributed by atoms with Crippen LogP contribution >= 0.6 is 0 Å². The number of carbonyl (C=O) groups is 1. The highest BCUT2D eigenvalue weighted by Crippen LogP contribution is 2.15. The Morgan fingerprint density at radius 2 is 1.89 bits per heavy atom. The lowest BCUT2D eigenvalue weighted by atomic mass is 9.87. The Bertz CT molecular complexity index is 255. The molecule has 0 aliphatic heterocycles. The molecule has 18 heavy (non-hydrogen) atoms. The molecule has 0 aromatic carbocycles. The number of nitrogens with zero attached hydrogens (tertiary/aromatic N) is 1. The van der Waals surface area contributed by atoms with Crippen molar-refractivity contribution in [3.8, 4) is 0 Å². The second kappa shape index (κ2) is 7.71. The fraction of sp³-hybridized carbons (Fsp3) is 0.923. The van der Waals surface area contributed by atoms with Crippen LogP contribution in [0.25, 0.3) is 0 Å². The Labute approximate surface area is 111 Å². The van der Waals surface area contributed by atoms with Crippen molar-refractivity contribution in [2.45, 2.75) is 46.3 Å². The fourth-order valence-corrected chi connectivity index (χ4v) is 1.75. The van der Waals surface area contributed by atoms with E-state index in [4.69, 9.17) is 5.73 Å². The Kier molecular flexibility index (Phi) is 7.43. The molecule has 5 heteroatoms. The molecule has 0 heterocycles. The molecule has 0 spiro atoms. The number of aliphatic hydroxyl groups excluding tert-OH is 1. The average Bonchev–Trinajstić information content (AvgIpc) is 2.32. The Balaban J connectivity index is 4.32. The summed E-state index contributed by atoms with van der Waals surface area (Å²) in [6.45, 7) is 12.6. The number of aliphatic hydroxyl groups is 1. The van der Waals surface area contributed by atoms with Gasteiger partial charge in [0.15, 0.2) is 0 Å². The number of amides is 1. The predicted octanol–water partition coefficient (Wildman–Crippen LogP) is 0.179. The molecular formula is C13H29N3O2. The number of carbonyl (C=O) groups excluding carboxylic acids is 1. The van der Waals surface area contributed by atoms with E-state index in [2.05, 4.69) is 24.1 Å². The van der Waals surface area contributed by atoms with Gasteiger partial charge in [-0.3, -0.25) is 4.79 Å². The summed E-state index contributed by atoms with van der Waals surface area (Å²) in [6, 6.07) is 0. The van der Waals surface area contributed by atoms with E-state index in [0.717, 1.165) is 13.1 Å². The number of β-amino-alcohol motifs (C(OH)–C–C–N with tert-alkyl or cyclic N) is 1. The van der Waals surface area contributed by atoms with Crippen molar-refractivity contribution in [1.82, 2.24) is 10.2 Å². The summed E-state index contributed by atoms with van der Waals surface area (Å²) in [6.07, 6.45) is -0.498. The molecule has 0 saturated carbocycles. The summed E-state index contributed by atoms with van der Waals surface area (Å²) >= 11 is 0. The van der Waals surface area contributed by atoms with Crippen LogP contribution in [0.2, 0.25) is 0 Å². The number of nitrogens with two attached hydrogens (primary N) is 1. The summed E-state index contributed by atoms with van der Waals surface area (Å²) in [5, 5.41) is 13.0. The highest BCUT2D eigenvalue weighted by Gasteiger charge is 2.34. The van der Waals surface area contributed by atoms with E-state index >= 15 is 0 Å². The van der Waals surface area contributed by atoms with Gasteiger partial charge in [-0.05, 0) is 25.9 Å².